The lowest BCUT2D eigenvalue weighted by Gasteiger charge is -2.12. The number of hydrogen-bond donors (Lipinski definition) is 1. The SMILES string of the molecule is Cc1ccc(C)c(NC(=O)[C@@H]2CC(c3ccccc3)=NO2)c1. The highest BCUT2D eigenvalue weighted by molar-refractivity contribution is 6.06. The predicted molar refractivity (Wildman–Crippen MR) is 87.0 cm³/mol. The second-order valence-corrected chi connectivity index (χ2v) is 5.51. The van der Waals surface area contributed by atoms with Crippen LogP contribution in [0.1, 0.15) is 23.1 Å². The smallest absolute Gasteiger partial charge is 0.268 e. The maximum Gasteiger partial charge on any atom is 0.268 e. The summed E-state index contributed by atoms with van der Waals surface area (Å²) >= 11 is 0. The number of oxime groups is 1. The van der Waals surface area contributed by atoms with Crippen molar-refractivity contribution in [2.24, 2.45) is 5.16 Å². The Morgan fingerprint density at radius 3 is 2.73 bits per heavy atom. The molecule has 0 radical (unpaired) electrons. The van der Waals surface area contributed by atoms with Crippen LogP contribution in [0.3, 0.4) is 0 Å². The minimum absolute atomic E-state index is 0.164. The molecule has 3 rings (SSSR count). The fourth-order valence-electron chi connectivity index (χ4n) is 2.40. The molecule has 0 spiro atoms. The Bertz CT molecular complexity index is 723. The molecule has 0 bridgehead atoms. The molecule has 22 heavy (non-hydrogen) atoms. The first-order valence-electron chi connectivity index (χ1n) is 7.30. The van der Waals surface area contributed by atoms with Crippen molar-refractivity contribution in [1.82, 2.24) is 0 Å². The van der Waals surface area contributed by atoms with Crippen LogP contribution in [-0.4, -0.2) is 17.7 Å². The molecule has 112 valence electrons. The van der Waals surface area contributed by atoms with Gasteiger partial charge in [0.15, 0.2) is 0 Å². The zero-order valence-electron chi connectivity index (χ0n) is 12.7. The molecule has 1 amide bonds. The number of amides is 1. The molecule has 4 nitrogen and oxygen atoms in total. The highest BCUT2D eigenvalue weighted by Gasteiger charge is 2.29. The van der Waals surface area contributed by atoms with E-state index in [1.165, 1.54) is 0 Å². The van der Waals surface area contributed by atoms with Gasteiger partial charge in [0.1, 0.15) is 0 Å². The van der Waals surface area contributed by atoms with Crippen LogP contribution in [0.15, 0.2) is 53.7 Å². The fraction of sp³-hybridized carbons (Fsp3) is 0.222. The van der Waals surface area contributed by atoms with E-state index in [2.05, 4.69) is 10.5 Å². The summed E-state index contributed by atoms with van der Waals surface area (Å²) in [7, 11) is 0. The van der Waals surface area contributed by atoms with Crippen molar-refractivity contribution in [2.75, 3.05) is 5.32 Å². The predicted octanol–water partition coefficient (Wildman–Crippen LogP) is 3.44. The molecular weight excluding hydrogens is 276 g/mol. The first kappa shape index (κ1) is 14.3. The maximum atomic E-state index is 12.3. The van der Waals surface area contributed by atoms with Gasteiger partial charge in [0.2, 0.25) is 6.10 Å². The Kier molecular flexibility index (Phi) is 3.92. The van der Waals surface area contributed by atoms with Crippen molar-refractivity contribution in [2.45, 2.75) is 26.4 Å². The number of anilines is 1. The summed E-state index contributed by atoms with van der Waals surface area (Å²) in [5.74, 6) is -0.164. The van der Waals surface area contributed by atoms with Crippen LogP contribution in [0.25, 0.3) is 0 Å². The molecule has 0 saturated carbocycles. The molecule has 0 unspecified atom stereocenters. The summed E-state index contributed by atoms with van der Waals surface area (Å²) in [4.78, 5) is 17.6. The summed E-state index contributed by atoms with van der Waals surface area (Å²) in [5, 5.41) is 6.97. The summed E-state index contributed by atoms with van der Waals surface area (Å²) in [5.41, 5.74) is 4.75. The van der Waals surface area contributed by atoms with E-state index in [4.69, 9.17) is 4.84 Å². The van der Waals surface area contributed by atoms with Crippen LogP contribution in [0.4, 0.5) is 5.69 Å². The van der Waals surface area contributed by atoms with Crippen LogP contribution in [0, 0.1) is 13.8 Å². The lowest BCUT2D eigenvalue weighted by atomic mass is 10.0. The quantitative estimate of drug-likeness (QED) is 0.942. The van der Waals surface area contributed by atoms with Gasteiger partial charge < -0.3 is 10.2 Å². The van der Waals surface area contributed by atoms with Crippen LogP contribution in [-0.2, 0) is 9.63 Å². The van der Waals surface area contributed by atoms with Crippen molar-refractivity contribution in [3.63, 3.8) is 0 Å². The third-order valence-corrected chi connectivity index (χ3v) is 3.72. The van der Waals surface area contributed by atoms with Crippen LogP contribution < -0.4 is 5.32 Å². The van der Waals surface area contributed by atoms with E-state index in [-0.39, 0.29) is 5.91 Å². The molecule has 2 aromatic rings. The molecular formula is C18H18N2O2. The van der Waals surface area contributed by atoms with Crippen molar-refractivity contribution in [1.29, 1.82) is 0 Å². The monoisotopic (exact) mass is 294 g/mol. The number of carbonyl (C=O) groups is 1. The van der Waals surface area contributed by atoms with E-state index >= 15 is 0 Å². The summed E-state index contributed by atoms with van der Waals surface area (Å²) in [6.07, 6.45) is -0.0871. The number of carbonyl (C=O) groups excluding carboxylic acids is 1. The lowest BCUT2D eigenvalue weighted by Crippen LogP contribution is -2.28. The van der Waals surface area contributed by atoms with Gasteiger partial charge in [-0.25, -0.2) is 0 Å². The number of nitrogens with zero attached hydrogens (tertiary/aromatic N) is 1. The third-order valence-electron chi connectivity index (χ3n) is 3.72. The van der Waals surface area contributed by atoms with Gasteiger partial charge in [-0.1, -0.05) is 47.6 Å². The lowest BCUT2D eigenvalue weighted by molar-refractivity contribution is -0.125. The number of benzene rings is 2. The van der Waals surface area contributed by atoms with Crippen LogP contribution in [0.2, 0.25) is 0 Å². The molecule has 1 N–H and O–H groups in total. The number of aryl methyl sites for hydroxylation is 2. The first-order valence-corrected chi connectivity index (χ1v) is 7.30. The Balaban J connectivity index is 1.67. The van der Waals surface area contributed by atoms with Gasteiger partial charge in [-0.2, -0.15) is 0 Å². The van der Waals surface area contributed by atoms with Crippen molar-refractivity contribution in [3.8, 4) is 0 Å². The van der Waals surface area contributed by atoms with E-state index in [1.54, 1.807) is 0 Å². The minimum Gasteiger partial charge on any atom is -0.382 e. The largest absolute Gasteiger partial charge is 0.382 e. The molecule has 1 heterocycles. The second-order valence-electron chi connectivity index (χ2n) is 5.51. The van der Waals surface area contributed by atoms with Gasteiger partial charge in [-0.05, 0) is 36.6 Å². The van der Waals surface area contributed by atoms with E-state index < -0.39 is 6.10 Å². The highest BCUT2D eigenvalue weighted by atomic mass is 16.6. The number of hydrogen-bond acceptors (Lipinski definition) is 3. The van der Waals surface area contributed by atoms with Crippen LogP contribution in [0.5, 0.6) is 0 Å². The van der Waals surface area contributed by atoms with Crippen molar-refractivity contribution in [3.05, 3.63) is 65.2 Å². The van der Waals surface area contributed by atoms with E-state index in [0.717, 1.165) is 28.1 Å². The molecule has 0 aliphatic carbocycles. The number of nitrogens with one attached hydrogen (secondary N) is 1. The Morgan fingerprint density at radius 1 is 1.18 bits per heavy atom. The standard InChI is InChI=1S/C18H18N2O2/c1-12-8-9-13(2)15(10-12)19-18(21)17-11-16(20-22-17)14-6-4-3-5-7-14/h3-10,17H,11H2,1-2H3,(H,19,21)/t17-/m0/s1. The molecule has 0 aromatic heterocycles. The third kappa shape index (κ3) is 3.01. The van der Waals surface area contributed by atoms with E-state index in [1.807, 2.05) is 62.4 Å². The van der Waals surface area contributed by atoms with Crippen LogP contribution >= 0.6 is 0 Å². The highest BCUT2D eigenvalue weighted by Crippen LogP contribution is 2.20. The zero-order chi connectivity index (χ0) is 15.5. The van der Waals surface area contributed by atoms with Gasteiger partial charge in [0.25, 0.3) is 5.91 Å². The van der Waals surface area contributed by atoms with Gasteiger partial charge >= 0.3 is 0 Å². The number of rotatable bonds is 3. The Hall–Kier alpha value is -2.62. The normalized spacial score (nSPS) is 16.8. The summed E-state index contributed by atoms with van der Waals surface area (Å²) in [6, 6.07) is 15.7. The zero-order valence-corrected chi connectivity index (χ0v) is 12.7. The Morgan fingerprint density at radius 2 is 1.95 bits per heavy atom. The molecule has 1 aliphatic rings. The summed E-state index contributed by atoms with van der Waals surface area (Å²) < 4.78 is 0. The molecule has 2 aromatic carbocycles. The average Bonchev–Trinajstić information content (AvgIpc) is 3.02. The molecule has 0 fully saturated rings. The van der Waals surface area contributed by atoms with Gasteiger partial charge in [-0.3, -0.25) is 4.79 Å². The first-order chi connectivity index (χ1) is 10.6. The topological polar surface area (TPSA) is 50.7 Å². The Labute approximate surface area is 129 Å². The second kappa shape index (κ2) is 6.02. The van der Waals surface area contributed by atoms with E-state index in [0.29, 0.717) is 6.42 Å². The van der Waals surface area contributed by atoms with Crippen molar-refractivity contribution < 1.29 is 9.63 Å². The van der Waals surface area contributed by atoms with E-state index in [9.17, 15) is 4.79 Å². The maximum absolute atomic E-state index is 12.3. The summed E-state index contributed by atoms with van der Waals surface area (Å²) in [6.45, 7) is 3.97. The van der Waals surface area contributed by atoms with Gasteiger partial charge in [0, 0.05) is 12.1 Å². The van der Waals surface area contributed by atoms with Gasteiger partial charge in [0.05, 0.1) is 5.71 Å². The average molecular weight is 294 g/mol. The van der Waals surface area contributed by atoms with Crippen molar-refractivity contribution >= 4 is 17.3 Å². The molecule has 1 aliphatic heterocycles. The molecule has 0 saturated heterocycles. The molecule has 1 atom stereocenters. The van der Waals surface area contributed by atoms with Gasteiger partial charge in [-0.15, -0.1) is 0 Å². The molecule has 4 heteroatoms. The minimum atomic E-state index is -0.574. The fourth-order valence-corrected chi connectivity index (χ4v) is 2.40.